The molecular formula is C17H14ClN3O3. The predicted octanol–water partition coefficient (Wildman–Crippen LogP) is 2.95. The van der Waals surface area contributed by atoms with Gasteiger partial charge in [0.15, 0.2) is 0 Å². The quantitative estimate of drug-likeness (QED) is 0.742. The molecule has 1 aromatic heterocycles. The molecule has 0 saturated carbocycles. The molecule has 0 fully saturated rings. The summed E-state index contributed by atoms with van der Waals surface area (Å²) in [5, 5.41) is 14.9. The fourth-order valence-electron chi connectivity index (χ4n) is 2.28. The Balaban J connectivity index is 2.12. The van der Waals surface area contributed by atoms with Crippen molar-refractivity contribution in [2.45, 2.75) is 6.92 Å². The topological polar surface area (TPSA) is 76.7 Å². The summed E-state index contributed by atoms with van der Waals surface area (Å²) in [6, 6.07) is 9.66. The van der Waals surface area contributed by atoms with Gasteiger partial charge in [0.25, 0.3) is 5.56 Å². The molecule has 3 rings (SSSR count). The van der Waals surface area contributed by atoms with Gasteiger partial charge in [-0.3, -0.25) is 4.79 Å². The highest BCUT2D eigenvalue weighted by atomic mass is 35.5. The first kappa shape index (κ1) is 16.0. The molecule has 0 aliphatic heterocycles. The van der Waals surface area contributed by atoms with Gasteiger partial charge in [0, 0.05) is 10.6 Å². The minimum atomic E-state index is -0.335. The smallest absolute Gasteiger partial charge is 0.282 e. The number of benzene rings is 2. The van der Waals surface area contributed by atoms with E-state index in [0.717, 1.165) is 4.68 Å². The van der Waals surface area contributed by atoms with E-state index in [1.807, 2.05) is 0 Å². The molecule has 0 radical (unpaired) electrons. The second-order valence-electron chi connectivity index (χ2n) is 5.11. The summed E-state index contributed by atoms with van der Waals surface area (Å²) in [5.74, 6) is 1.03. The summed E-state index contributed by atoms with van der Waals surface area (Å²) in [6.07, 6.45) is 1.38. The fraction of sp³-hybridized carbons (Fsp3) is 0.118. The van der Waals surface area contributed by atoms with Crippen LogP contribution in [-0.4, -0.2) is 28.1 Å². The fourth-order valence-corrected chi connectivity index (χ4v) is 2.45. The van der Waals surface area contributed by atoms with Crippen molar-refractivity contribution >= 4 is 28.7 Å². The molecule has 0 amide bonds. The monoisotopic (exact) mass is 343 g/mol. The first-order valence-corrected chi connectivity index (χ1v) is 7.47. The summed E-state index contributed by atoms with van der Waals surface area (Å²) in [7, 11) is 1.53. The zero-order valence-corrected chi connectivity index (χ0v) is 13.8. The number of methoxy groups -OCH3 is 1. The first-order chi connectivity index (χ1) is 11.5. The number of phenolic OH excluding ortho intramolecular Hbond substituents is 1. The molecule has 6 nitrogen and oxygen atoms in total. The number of hydrogen-bond donors (Lipinski definition) is 1. The molecule has 1 heterocycles. The molecule has 0 bridgehead atoms. The van der Waals surface area contributed by atoms with E-state index < -0.39 is 0 Å². The predicted molar refractivity (Wildman–Crippen MR) is 93.4 cm³/mol. The second kappa shape index (κ2) is 6.33. The van der Waals surface area contributed by atoms with Crippen molar-refractivity contribution in [3.63, 3.8) is 0 Å². The van der Waals surface area contributed by atoms with Crippen LogP contribution >= 0.6 is 11.6 Å². The average molecular weight is 344 g/mol. The number of aryl methyl sites for hydroxylation is 1. The summed E-state index contributed by atoms with van der Waals surface area (Å²) in [4.78, 5) is 16.9. The van der Waals surface area contributed by atoms with Crippen molar-refractivity contribution in [1.82, 2.24) is 9.66 Å². The number of phenols is 1. The van der Waals surface area contributed by atoms with Crippen LogP contribution in [-0.2, 0) is 0 Å². The van der Waals surface area contributed by atoms with Crippen molar-refractivity contribution in [3.8, 4) is 11.5 Å². The SMILES string of the molecule is COc1ccc(O)c(C=Nn2c(C)nc3ccc(Cl)cc3c2=O)c1. The Hall–Kier alpha value is -2.86. The summed E-state index contributed by atoms with van der Waals surface area (Å²) in [6.45, 7) is 1.68. The number of aromatic hydroxyl groups is 1. The maximum Gasteiger partial charge on any atom is 0.282 e. The lowest BCUT2D eigenvalue weighted by Gasteiger charge is -2.06. The van der Waals surface area contributed by atoms with Crippen LogP contribution in [0.2, 0.25) is 5.02 Å². The van der Waals surface area contributed by atoms with E-state index in [0.29, 0.717) is 33.1 Å². The molecular weight excluding hydrogens is 330 g/mol. The maximum atomic E-state index is 12.6. The molecule has 24 heavy (non-hydrogen) atoms. The Morgan fingerprint density at radius 2 is 2.08 bits per heavy atom. The van der Waals surface area contributed by atoms with Gasteiger partial charge in [-0.15, -0.1) is 0 Å². The third-order valence-electron chi connectivity index (χ3n) is 3.52. The van der Waals surface area contributed by atoms with Crippen LogP contribution in [0, 0.1) is 6.92 Å². The Labute approximate surface area is 142 Å². The van der Waals surface area contributed by atoms with Crippen molar-refractivity contribution in [3.05, 3.63) is 63.2 Å². The summed E-state index contributed by atoms with van der Waals surface area (Å²) < 4.78 is 6.28. The number of aromatic nitrogens is 2. The highest BCUT2D eigenvalue weighted by Gasteiger charge is 2.08. The van der Waals surface area contributed by atoms with Gasteiger partial charge in [-0.05, 0) is 43.3 Å². The van der Waals surface area contributed by atoms with Gasteiger partial charge in [0.05, 0.1) is 24.2 Å². The van der Waals surface area contributed by atoms with E-state index in [4.69, 9.17) is 16.3 Å². The van der Waals surface area contributed by atoms with Gasteiger partial charge in [0.2, 0.25) is 0 Å². The minimum Gasteiger partial charge on any atom is -0.507 e. The van der Waals surface area contributed by atoms with Crippen LogP contribution in [0.1, 0.15) is 11.4 Å². The normalized spacial score (nSPS) is 11.3. The number of nitrogens with zero attached hydrogens (tertiary/aromatic N) is 3. The second-order valence-corrected chi connectivity index (χ2v) is 5.54. The molecule has 0 spiro atoms. The maximum absolute atomic E-state index is 12.6. The largest absolute Gasteiger partial charge is 0.507 e. The lowest BCUT2D eigenvalue weighted by atomic mass is 10.2. The lowest BCUT2D eigenvalue weighted by Crippen LogP contribution is -2.20. The Kier molecular flexibility index (Phi) is 4.22. The van der Waals surface area contributed by atoms with E-state index >= 15 is 0 Å². The number of hydrogen-bond acceptors (Lipinski definition) is 5. The Bertz CT molecular complexity index is 1010. The third-order valence-corrected chi connectivity index (χ3v) is 3.75. The average Bonchev–Trinajstić information content (AvgIpc) is 2.57. The van der Waals surface area contributed by atoms with Crippen LogP contribution in [0.5, 0.6) is 11.5 Å². The van der Waals surface area contributed by atoms with Crippen molar-refractivity contribution in [2.75, 3.05) is 7.11 Å². The molecule has 0 aliphatic carbocycles. The molecule has 0 atom stereocenters. The van der Waals surface area contributed by atoms with Crippen LogP contribution in [0.25, 0.3) is 10.9 Å². The highest BCUT2D eigenvalue weighted by Crippen LogP contribution is 2.21. The number of halogens is 1. The summed E-state index contributed by atoms with van der Waals surface area (Å²) >= 11 is 5.95. The van der Waals surface area contributed by atoms with Gasteiger partial charge in [-0.2, -0.15) is 9.78 Å². The minimum absolute atomic E-state index is 0.0297. The first-order valence-electron chi connectivity index (χ1n) is 7.10. The third kappa shape index (κ3) is 2.96. The number of rotatable bonds is 3. The van der Waals surface area contributed by atoms with Crippen molar-refractivity contribution in [2.24, 2.45) is 5.10 Å². The van der Waals surface area contributed by atoms with E-state index in [1.165, 1.54) is 19.4 Å². The number of ether oxygens (including phenoxy) is 1. The van der Waals surface area contributed by atoms with Gasteiger partial charge in [-0.25, -0.2) is 4.98 Å². The van der Waals surface area contributed by atoms with Gasteiger partial charge in [0.1, 0.15) is 17.3 Å². The van der Waals surface area contributed by atoms with Crippen LogP contribution < -0.4 is 10.3 Å². The van der Waals surface area contributed by atoms with Crippen molar-refractivity contribution in [1.29, 1.82) is 0 Å². The van der Waals surface area contributed by atoms with E-state index in [-0.39, 0.29) is 11.3 Å². The molecule has 7 heteroatoms. The summed E-state index contributed by atoms with van der Waals surface area (Å²) in [5.41, 5.74) is 0.642. The zero-order valence-electron chi connectivity index (χ0n) is 13.0. The molecule has 1 N–H and O–H groups in total. The number of fused-ring (bicyclic) bond motifs is 1. The van der Waals surface area contributed by atoms with Crippen LogP contribution in [0.4, 0.5) is 0 Å². The van der Waals surface area contributed by atoms with E-state index in [2.05, 4.69) is 10.1 Å². The highest BCUT2D eigenvalue weighted by molar-refractivity contribution is 6.31. The molecule has 0 aliphatic rings. The Morgan fingerprint density at radius 1 is 1.29 bits per heavy atom. The molecule has 3 aromatic rings. The van der Waals surface area contributed by atoms with Gasteiger partial charge < -0.3 is 9.84 Å². The molecule has 2 aromatic carbocycles. The zero-order chi connectivity index (χ0) is 17.3. The molecule has 0 unspecified atom stereocenters. The lowest BCUT2D eigenvalue weighted by molar-refractivity contribution is 0.412. The van der Waals surface area contributed by atoms with Crippen LogP contribution in [0.15, 0.2) is 46.3 Å². The van der Waals surface area contributed by atoms with E-state index in [9.17, 15) is 9.90 Å². The van der Waals surface area contributed by atoms with Crippen LogP contribution in [0.3, 0.4) is 0 Å². The van der Waals surface area contributed by atoms with Crippen molar-refractivity contribution < 1.29 is 9.84 Å². The molecule has 0 saturated heterocycles. The Morgan fingerprint density at radius 3 is 2.83 bits per heavy atom. The van der Waals surface area contributed by atoms with Gasteiger partial charge in [-0.1, -0.05) is 11.6 Å². The standard InChI is InChI=1S/C17H14ClN3O3/c1-10-20-15-5-3-12(18)8-14(15)17(23)21(10)19-9-11-7-13(24-2)4-6-16(11)22/h3-9,22H,1-2H3. The molecule has 122 valence electrons. The van der Waals surface area contributed by atoms with Gasteiger partial charge >= 0.3 is 0 Å². The van der Waals surface area contributed by atoms with E-state index in [1.54, 1.807) is 37.3 Å².